The van der Waals surface area contributed by atoms with Gasteiger partial charge >= 0.3 is 11.9 Å². The van der Waals surface area contributed by atoms with Gasteiger partial charge in [0, 0.05) is 0 Å². The van der Waals surface area contributed by atoms with Crippen molar-refractivity contribution in [1.82, 2.24) is 0 Å². The molecule has 1 fully saturated rings. The average molecular weight is 291 g/mol. The van der Waals surface area contributed by atoms with Gasteiger partial charge in [-0.05, 0) is 25.0 Å². The predicted octanol–water partition coefficient (Wildman–Crippen LogP) is 2.21. The summed E-state index contributed by atoms with van der Waals surface area (Å²) in [6, 6.07) is 6.09. The van der Waals surface area contributed by atoms with Crippen LogP contribution < -0.4 is 5.32 Å². The van der Waals surface area contributed by atoms with Crippen molar-refractivity contribution in [1.29, 1.82) is 0 Å². The smallest absolute Gasteiger partial charge is 0.337 e. The van der Waals surface area contributed by atoms with Crippen molar-refractivity contribution >= 4 is 23.5 Å². The van der Waals surface area contributed by atoms with Crippen LogP contribution in [0.5, 0.6) is 0 Å². The number of nitrogens with one attached hydrogen (secondary N) is 1. The van der Waals surface area contributed by atoms with Gasteiger partial charge in [0.1, 0.15) is 0 Å². The Bertz CT molecular complexity index is 569. The molecule has 1 aromatic rings. The van der Waals surface area contributed by atoms with Gasteiger partial charge < -0.3 is 15.5 Å². The summed E-state index contributed by atoms with van der Waals surface area (Å²) >= 11 is 0. The third-order valence-electron chi connectivity index (χ3n) is 3.84. The Hall–Kier alpha value is -2.37. The first-order valence-corrected chi connectivity index (χ1v) is 6.86. The molecule has 112 valence electrons. The molecule has 3 N–H and O–H groups in total. The summed E-state index contributed by atoms with van der Waals surface area (Å²) in [4.78, 5) is 34.6. The molecule has 0 aliphatic heterocycles. The maximum absolute atomic E-state index is 12.3. The Morgan fingerprint density at radius 1 is 1.00 bits per heavy atom. The molecule has 6 heteroatoms. The van der Waals surface area contributed by atoms with Gasteiger partial charge in [0.15, 0.2) is 0 Å². The van der Waals surface area contributed by atoms with E-state index in [1.54, 1.807) is 12.1 Å². The van der Waals surface area contributed by atoms with E-state index in [0.717, 1.165) is 12.8 Å². The highest BCUT2D eigenvalue weighted by atomic mass is 16.4. The molecule has 21 heavy (non-hydrogen) atoms. The topological polar surface area (TPSA) is 104 Å². The zero-order valence-electron chi connectivity index (χ0n) is 11.4. The first-order valence-electron chi connectivity index (χ1n) is 6.86. The molecular formula is C15H17NO5. The highest BCUT2D eigenvalue weighted by molar-refractivity contribution is 6.02. The number of rotatable bonds is 4. The quantitative estimate of drug-likeness (QED) is 0.789. The van der Waals surface area contributed by atoms with Gasteiger partial charge in [-0.2, -0.15) is 0 Å². The van der Waals surface area contributed by atoms with E-state index in [4.69, 9.17) is 5.11 Å². The largest absolute Gasteiger partial charge is 0.481 e. The van der Waals surface area contributed by atoms with E-state index in [0.29, 0.717) is 12.8 Å². The van der Waals surface area contributed by atoms with Crippen LogP contribution in [0.4, 0.5) is 5.69 Å². The van der Waals surface area contributed by atoms with Gasteiger partial charge in [0.25, 0.3) is 0 Å². The number of carbonyl (C=O) groups is 3. The zero-order valence-corrected chi connectivity index (χ0v) is 11.4. The second-order valence-electron chi connectivity index (χ2n) is 5.18. The molecule has 0 spiro atoms. The Kier molecular flexibility index (Phi) is 4.57. The van der Waals surface area contributed by atoms with Gasteiger partial charge in [0.2, 0.25) is 5.91 Å². The second kappa shape index (κ2) is 6.39. The van der Waals surface area contributed by atoms with Crippen molar-refractivity contribution in [3.05, 3.63) is 29.8 Å². The van der Waals surface area contributed by atoms with Crippen molar-refractivity contribution in [2.75, 3.05) is 5.32 Å². The third-order valence-corrected chi connectivity index (χ3v) is 3.84. The van der Waals surface area contributed by atoms with E-state index in [1.165, 1.54) is 12.1 Å². The van der Waals surface area contributed by atoms with Crippen LogP contribution in [0.3, 0.4) is 0 Å². The van der Waals surface area contributed by atoms with Crippen molar-refractivity contribution < 1.29 is 24.6 Å². The number of anilines is 1. The molecule has 1 aliphatic rings. The minimum absolute atomic E-state index is 0.00599. The van der Waals surface area contributed by atoms with Crippen LogP contribution in [-0.2, 0) is 9.59 Å². The minimum atomic E-state index is -1.13. The number of benzene rings is 1. The minimum Gasteiger partial charge on any atom is -0.481 e. The summed E-state index contributed by atoms with van der Waals surface area (Å²) < 4.78 is 0. The lowest BCUT2D eigenvalue weighted by Gasteiger charge is -2.27. The van der Waals surface area contributed by atoms with Crippen molar-refractivity contribution in [2.24, 2.45) is 11.8 Å². The van der Waals surface area contributed by atoms with Crippen molar-refractivity contribution in [2.45, 2.75) is 25.7 Å². The van der Waals surface area contributed by atoms with Crippen LogP contribution in [0.25, 0.3) is 0 Å². The van der Waals surface area contributed by atoms with E-state index in [-0.39, 0.29) is 11.3 Å². The number of carbonyl (C=O) groups excluding carboxylic acids is 1. The number of carboxylic acid groups (broad SMARTS) is 2. The van der Waals surface area contributed by atoms with Crippen LogP contribution in [-0.4, -0.2) is 28.1 Å². The lowest BCUT2D eigenvalue weighted by atomic mass is 9.78. The molecule has 0 heterocycles. The number of hydrogen-bond donors (Lipinski definition) is 3. The molecule has 1 aromatic carbocycles. The van der Waals surface area contributed by atoms with Gasteiger partial charge in [-0.1, -0.05) is 25.0 Å². The molecule has 0 radical (unpaired) electrons. The normalized spacial score (nSPS) is 21.5. The van der Waals surface area contributed by atoms with Gasteiger partial charge in [0.05, 0.1) is 23.1 Å². The second-order valence-corrected chi connectivity index (χ2v) is 5.18. The molecule has 6 nitrogen and oxygen atoms in total. The van der Waals surface area contributed by atoms with Crippen molar-refractivity contribution in [3.63, 3.8) is 0 Å². The maximum Gasteiger partial charge on any atom is 0.337 e. The molecular weight excluding hydrogens is 274 g/mol. The first-order chi connectivity index (χ1) is 10.0. The number of carboxylic acids is 2. The van der Waals surface area contributed by atoms with Gasteiger partial charge in [-0.25, -0.2) is 4.79 Å². The fraction of sp³-hybridized carbons (Fsp3) is 0.400. The van der Waals surface area contributed by atoms with Gasteiger partial charge in [-0.15, -0.1) is 0 Å². The summed E-state index contributed by atoms with van der Waals surface area (Å²) in [7, 11) is 0. The third kappa shape index (κ3) is 3.39. The number of hydrogen-bond acceptors (Lipinski definition) is 3. The number of amides is 1. The first kappa shape index (κ1) is 15.0. The Morgan fingerprint density at radius 3 is 2.24 bits per heavy atom. The van der Waals surface area contributed by atoms with E-state index in [9.17, 15) is 19.5 Å². The molecule has 2 atom stereocenters. The van der Waals surface area contributed by atoms with E-state index < -0.39 is 29.7 Å². The predicted molar refractivity (Wildman–Crippen MR) is 75.1 cm³/mol. The van der Waals surface area contributed by atoms with Gasteiger partial charge in [-0.3, -0.25) is 9.59 Å². The van der Waals surface area contributed by atoms with Crippen molar-refractivity contribution in [3.8, 4) is 0 Å². The maximum atomic E-state index is 12.3. The van der Waals surface area contributed by atoms with Crippen LogP contribution in [0.15, 0.2) is 24.3 Å². The molecule has 1 aliphatic carbocycles. The summed E-state index contributed by atoms with van der Waals surface area (Å²) in [5, 5.41) is 20.8. The number of para-hydroxylation sites is 1. The Labute approximate surface area is 121 Å². The summed E-state index contributed by atoms with van der Waals surface area (Å²) in [6.45, 7) is 0. The fourth-order valence-electron chi connectivity index (χ4n) is 2.74. The SMILES string of the molecule is O=C(O)c1ccccc1NC(=O)[C@H]1CCCC[C@@H]1C(=O)O. The highest BCUT2D eigenvalue weighted by Crippen LogP contribution is 2.31. The molecule has 0 saturated heterocycles. The Balaban J connectivity index is 2.17. The molecule has 2 rings (SSSR count). The lowest BCUT2D eigenvalue weighted by molar-refractivity contribution is -0.147. The molecule has 1 amide bonds. The zero-order chi connectivity index (χ0) is 15.4. The average Bonchev–Trinajstić information content (AvgIpc) is 2.47. The fourth-order valence-corrected chi connectivity index (χ4v) is 2.74. The van der Waals surface area contributed by atoms with E-state index in [1.807, 2.05) is 0 Å². The summed E-state index contributed by atoms with van der Waals surface area (Å²) in [5.74, 6) is -3.84. The number of aromatic carboxylic acids is 1. The lowest BCUT2D eigenvalue weighted by Crippen LogP contribution is -2.36. The molecule has 1 saturated carbocycles. The number of aliphatic carboxylic acids is 1. The highest BCUT2D eigenvalue weighted by Gasteiger charge is 2.35. The summed E-state index contributed by atoms with van der Waals surface area (Å²) in [5.41, 5.74) is 0.193. The van der Waals surface area contributed by atoms with Crippen LogP contribution in [0, 0.1) is 11.8 Å². The Morgan fingerprint density at radius 2 is 1.62 bits per heavy atom. The van der Waals surface area contributed by atoms with Crippen LogP contribution in [0.2, 0.25) is 0 Å². The molecule has 0 aromatic heterocycles. The van der Waals surface area contributed by atoms with E-state index in [2.05, 4.69) is 5.32 Å². The monoisotopic (exact) mass is 291 g/mol. The van der Waals surface area contributed by atoms with Crippen LogP contribution >= 0.6 is 0 Å². The standard InChI is InChI=1S/C15H17NO5/c17-13(9-5-1-2-6-10(9)14(18)19)16-12-8-4-3-7-11(12)15(20)21/h3-4,7-10H,1-2,5-6H2,(H,16,17)(H,18,19)(H,20,21)/t9-,10-/m0/s1. The molecule has 0 unspecified atom stereocenters. The van der Waals surface area contributed by atoms with E-state index >= 15 is 0 Å². The van der Waals surface area contributed by atoms with Crippen LogP contribution in [0.1, 0.15) is 36.0 Å². The summed E-state index contributed by atoms with van der Waals surface area (Å²) in [6.07, 6.45) is 2.60. The molecule has 0 bridgehead atoms.